The van der Waals surface area contributed by atoms with E-state index < -0.39 is 0 Å². The lowest BCUT2D eigenvalue weighted by Gasteiger charge is -2.28. The summed E-state index contributed by atoms with van der Waals surface area (Å²) in [4.78, 5) is 0. The zero-order valence-electron chi connectivity index (χ0n) is 14.3. The van der Waals surface area contributed by atoms with Gasteiger partial charge in [0.25, 0.3) is 0 Å². The number of nitriles is 1. The summed E-state index contributed by atoms with van der Waals surface area (Å²) in [6.45, 7) is 3.93. The summed E-state index contributed by atoms with van der Waals surface area (Å²) < 4.78 is 5.74. The highest BCUT2D eigenvalue weighted by atomic mass is 16.5. The molecule has 1 saturated carbocycles. The summed E-state index contributed by atoms with van der Waals surface area (Å²) in [5.74, 6) is 1.51. The van der Waals surface area contributed by atoms with E-state index in [0.717, 1.165) is 37.5 Å². The minimum Gasteiger partial charge on any atom is -0.381 e. The smallest absolute Gasteiger partial charge is 0.0991 e. The Morgan fingerprint density at radius 3 is 2.48 bits per heavy atom. The van der Waals surface area contributed by atoms with Crippen molar-refractivity contribution in [3.63, 3.8) is 0 Å². The van der Waals surface area contributed by atoms with Crippen molar-refractivity contribution in [3.05, 3.63) is 47.5 Å². The molecule has 124 valence electrons. The zero-order valence-corrected chi connectivity index (χ0v) is 14.3. The van der Waals surface area contributed by atoms with E-state index in [0.29, 0.717) is 5.92 Å². The van der Waals surface area contributed by atoms with Gasteiger partial charge in [0.1, 0.15) is 0 Å². The molecule has 0 aliphatic heterocycles. The number of rotatable bonds is 8. The Labute approximate surface area is 141 Å². The summed E-state index contributed by atoms with van der Waals surface area (Å²) in [5, 5.41) is 8.87. The average molecular weight is 311 g/mol. The van der Waals surface area contributed by atoms with Crippen LogP contribution in [0.25, 0.3) is 0 Å². The maximum atomic E-state index is 8.87. The summed E-state index contributed by atoms with van der Waals surface area (Å²) >= 11 is 0. The largest absolute Gasteiger partial charge is 0.381 e. The third-order valence-corrected chi connectivity index (χ3v) is 4.86. The summed E-state index contributed by atoms with van der Waals surface area (Å²) in [5.41, 5.74) is 2.16. The van der Waals surface area contributed by atoms with E-state index in [1.807, 2.05) is 12.1 Å². The van der Waals surface area contributed by atoms with Crippen LogP contribution in [-0.4, -0.2) is 13.2 Å². The zero-order chi connectivity index (χ0) is 16.3. The fourth-order valence-corrected chi connectivity index (χ4v) is 3.40. The van der Waals surface area contributed by atoms with Gasteiger partial charge in [-0.05, 0) is 74.5 Å². The normalized spacial score (nSPS) is 21.4. The van der Waals surface area contributed by atoms with Gasteiger partial charge in [0, 0.05) is 6.61 Å². The molecule has 0 saturated heterocycles. The Balaban J connectivity index is 1.62. The van der Waals surface area contributed by atoms with Crippen LogP contribution in [0, 0.1) is 17.2 Å². The highest BCUT2D eigenvalue weighted by Gasteiger charge is 2.22. The van der Waals surface area contributed by atoms with Crippen LogP contribution in [0.5, 0.6) is 0 Å². The SMILES string of the molecule is CC/C=C/CCOCCC1CCC(c2ccc(C#N)cc2)CC1. The lowest BCUT2D eigenvalue weighted by molar-refractivity contribution is 0.116. The lowest BCUT2D eigenvalue weighted by atomic mass is 9.77. The molecule has 2 nitrogen and oxygen atoms in total. The van der Waals surface area contributed by atoms with Gasteiger partial charge in [-0.3, -0.25) is 0 Å². The Kier molecular flexibility index (Phi) is 7.90. The summed E-state index contributed by atoms with van der Waals surface area (Å²) in [6.07, 6.45) is 12.9. The predicted molar refractivity (Wildman–Crippen MR) is 95.3 cm³/mol. The van der Waals surface area contributed by atoms with Crippen LogP contribution in [0.2, 0.25) is 0 Å². The van der Waals surface area contributed by atoms with E-state index in [9.17, 15) is 0 Å². The first kappa shape index (κ1) is 17.8. The summed E-state index contributed by atoms with van der Waals surface area (Å²) in [6, 6.07) is 10.4. The first-order valence-electron chi connectivity index (χ1n) is 9.06. The third kappa shape index (κ3) is 6.20. The van der Waals surface area contributed by atoms with Crippen LogP contribution >= 0.6 is 0 Å². The van der Waals surface area contributed by atoms with Crippen molar-refractivity contribution in [1.82, 2.24) is 0 Å². The van der Waals surface area contributed by atoms with Gasteiger partial charge in [0.15, 0.2) is 0 Å². The fourth-order valence-electron chi connectivity index (χ4n) is 3.40. The van der Waals surface area contributed by atoms with Gasteiger partial charge in [-0.25, -0.2) is 0 Å². The molecule has 23 heavy (non-hydrogen) atoms. The monoisotopic (exact) mass is 311 g/mol. The van der Waals surface area contributed by atoms with Crippen LogP contribution in [0.15, 0.2) is 36.4 Å². The van der Waals surface area contributed by atoms with Crippen LogP contribution < -0.4 is 0 Å². The minimum atomic E-state index is 0.680. The molecule has 0 amide bonds. The van der Waals surface area contributed by atoms with E-state index in [4.69, 9.17) is 10.00 Å². The van der Waals surface area contributed by atoms with Crippen molar-refractivity contribution < 1.29 is 4.74 Å². The summed E-state index contributed by atoms with van der Waals surface area (Å²) in [7, 11) is 0. The lowest BCUT2D eigenvalue weighted by Crippen LogP contribution is -2.15. The third-order valence-electron chi connectivity index (χ3n) is 4.86. The van der Waals surface area contributed by atoms with E-state index in [1.54, 1.807) is 0 Å². The molecule has 1 aromatic carbocycles. The van der Waals surface area contributed by atoms with Crippen LogP contribution in [-0.2, 0) is 4.74 Å². The van der Waals surface area contributed by atoms with Crippen molar-refractivity contribution >= 4 is 0 Å². The van der Waals surface area contributed by atoms with E-state index in [2.05, 4.69) is 37.3 Å². The Hall–Kier alpha value is -1.59. The standard InChI is InChI=1S/C21H29NO/c1-2-3-4-5-15-23-16-14-18-6-10-20(11-7-18)21-12-8-19(17-22)9-13-21/h3-4,8-9,12-13,18,20H,2,5-7,10-11,14-16H2,1H3/b4-3+. The van der Waals surface area contributed by atoms with Crippen molar-refractivity contribution in [2.45, 2.75) is 57.8 Å². The topological polar surface area (TPSA) is 33.0 Å². The second-order valence-corrected chi connectivity index (χ2v) is 6.52. The van der Waals surface area contributed by atoms with E-state index in [-0.39, 0.29) is 0 Å². The molecule has 0 aromatic heterocycles. The predicted octanol–water partition coefficient (Wildman–Crippen LogP) is 5.60. The molecule has 1 fully saturated rings. The molecule has 0 unspecified atom stereocenters. The average Bonchev–Trinajstić information content (AvgIpc) is 2.61. The molecule has 2 heteroatoms. The number of hydrogen-bond donors (Lipinski definition) is 0. The molecule has 1 aliphatic carbocycles. The highest BCUT2D eigenvalue weighted by molar-refractivity contribution is 5.33. The highest BCUT2D eigenvalue weighted by Crippen LogP contribution is 2.37. The van der Waals surface area contributed by atoms with Crippen molar-refractivity contribution in [2.75, 3.05) is 13.2 Å². The second kappa shape index (κ2) is 10.2. The minimum absolute atomic E-state index is 0.680. The van der Waals surface area contributed by atoms with Crippen LogP contribution in [0.1, 0.15) is 68.9 Å². The molecule has 0 radical (unpaired) electrons. The van der Waals surface area contributed by atoms with Gasteiger partial charge in [-0.2, -0.15) is 5.26 Å². The Morgan fingerprint density at radius 1 is 1.09 bits per heavy atom. The van der Waals surface area contributed by atoms with Crippen LogP contribution in [0.3, 0.4) is 0 Å². The van der Waals surface area contributed by atoms with Gasteiger partial charge < -0.3 is 4.74 Å². The molecule has 1 aromatic rings. The van der Waals surface area contributed by atoms with Gasteiger partial charge in [0.05, 0.1) is 18.2 Å². The molecule has 1 aliphatic rings. The molecular formula is C21H29NO. The maximum Gasteiger partial charge on any atom is 0.0991 e. The number of hydrogen-bond acceptors (Lipinski definition) is 2. The molecule has 0 heterocycles. The van der Waals surface area contributed by atoms with Gasteiger partial charge >= 0.3 is 0 Å². The molecule has 0 atom stereocenters. The van der Waals surface area contributed by atoms with Crippen molar-refractivity contribution in [2.24, 2.45) is 5.92 Å². The maximum absolute atomic E-state index is 8.87. The molecule has 0 spiro atoms. The number of ether oxygens (including phenoxy) is 1. The van der Waals surface area contributed by atoms with E-state index in [1.165, 1.54) is 37.7 Å². The van der Waals surface area contributed by atoms with Crippen molar-refractivity contribution in [1.29, 1.82) is 5.26 Å². The number of benzene rings is 1. The van der Waals surface area contributed by atoms with Crippen molar-refractivity contribution in [3.8, 4) is 6.07 Å². The number of nitrogens with zero attached hydrogens (tertiary/aromatic N) is 1. The second-order valence-electron chi connectivity index (χ2n) is 6.52. The molecule has 0 bridgehead atoms. The van der Waals surface area contributed by atoms with Gasteiger partial charge in [-0.15, -0.1) is 0 Å². The molecular weight excluding hydrogens is 282 g/mol. The number of allylic oxidation sites excluding steroid dienone is 1. The van der Waals surface area contributed by atoms with Gasteiger partial charge in [0.2, 0.25) is 0 Å². The Bertz CT molecular complexity index is 504. The fraction of sp³-hybridized carbons (Fsp3) is 0.571. The quantitative estimate of drug-likeness (QED) is 0.463. The first-order valence-corrected chi connectivity index (χ1v) is 9.06. The first-order chi connectivity index (χ1) is 11.3. The van der Waals surface area contributed by atoms with Crippen LogP contribution in [0.4, 0.5) is 0 Å². The van der Waals surface area contributed by atoms with Gasteiger partial charge in [-0.1, -0.05) is 31.2 Å². The Morgan fingerprint density at radius 2 is 1.83 bits per heavy atom. The molecule has 2 rings (SSSR count). The van der Waals surface area contributed by atoms with E-state index >= 15 is 0 Å². The molecule has 0 N–H and O–H groups in total.